The van der Waals surface area contributed by atoms with Gasteiger partial charge in [0.15, 0.2) is 0 Å². The normalized spacial score (nSPS) is 13.4. The Labute approximate surface area is 242 Å². The molecule has 4 aromatic carbocycles. The molecule has 0 saturated carbocycles. The van der Waals surface area contributed by atoms with E-state index in [-0.39, 0.29) is 30.4 Å². The Morgan fingerprint density at radius 3 is 2.14 bits per heavy atom. The number of amides is 2. The molecule has 4 aromatic rings. The molecule has 2 amide bonds. The van der Waals surface area contributed by atoms with E-state index in [4.69, 9.17) is 9.47 Å². The summed E-state index contributed by atoms with van der Waals surface area (Å²) in [6, 6.07) is 26.7. The van der Waals surface area contributed by atoms with Crippen LogP contribution in [0, 0.1) is 5.82 Å². The first-order chi connectivity index (χ1) is 20.3. The molecular formula is C33H29FN2O6. The van der Waals surface area contributed by atoms with Gasteiger partial charge in [0, 0.05) is 5.92 Å². The lowest BCUT2D eigenvalue weighted by Crippen LogP contribution is -2.51. The molecule has 0 heterocycles. The van der Waals surface area contributed by atoms with Crippen molar-refractivity contribution in [3.63, 3.8) is 0 Å². The molecule has 42 heavy (non-hydrogen) atoms. The summed E-state index contributed by atoms with van der Waals surface area (Å²) in [5.74, 6) is -3.06. The van der Waals surface area contributed by atoms with Crippen LogP contribution in [0.5, 0.6) is 0 Å². The van der Waals surface area contributed by atoms with E-state index in [9.17, 15) is 23.9 Å². The summed E-state index contributed by atoms with van der Waals surface area (Å²) in [5, 5.41) is 14.5. The Morgan fingerprint density at radius 2 is 1.50 bits per heavy atom. The number of hydrogen-bond donors (Lipinski definition) is 3. The number of nitrogens with one attached hydrogen (secondary N) is 2. The van der Waals surface area contributed by atoms with Gasteiger partial charge in [0.2, 0.25) is 5.91 Å². The molecule has 9 heteroatoms. The number of fused-ring (bicyclic) bond motifs is 3. The second kappa shape index (κ2) is 12.7. The molecule has 0 unspecified atom stereocenters. The van der Waals surface area contributed by atoms with Gasteiger partial charge in [-0.15, -0.1) is 0 Å². The third-order valence-electron chi connectivity index (χ3n) is 7.19. The summed E-state index contributed by atoms with van der Waals surface area (Å²) in [4.78, 5) is 38.1. The molecule has 0 spiro atoms. The van der Waals surface area contributed by atoms with Crippen LogP contribution in [0.2, 0.25) is 0 Å². The number of carboxylic acids is 1. The van der Waals surface area contributed by atoms with Gasteiger partial charge in [0.25, 0.3) is 0 Å². The van der Waals surface area contributed by atoms with Crippen molar-refractivity contribution < 1.29 is 33.4 Å². The third kappa shape index (κ3) is 6.31. The predicted octanol–water partition coefficient (Wildman–Crippen LogP) is 5.98. The van der Waals surface area contributed by atoms with Crippen molar-refractivity contribution in [1.29, 1.82) is 0 Å². The lowest BCUT2D eigenvalue weighted by molar-refractivity contribution is -0.121. The minimum atomic E-state index is -1.35. The van der Waals surface area contributed by atoms with Gasteiger partial charge in [-0.25, -0.2) is 14.0 Å². The zero-order valence-corrected chi connectivity index (χ0v) is 22.8. The Balaban J connectivity index is 1.32. The summed E-state index contributed by atoms with van der Waals surface area (Å²) in [5.41, 5.74) is 4.52. The number of carbonyl (C=O) groups is 3. The number of ether oxygens (including phenoxy) is 2. The van der Waals surface area contributed by atoms with Crippen molar-refractivity contribution in [1.82, 2.24) is 5.32 Å². The standard InChI is InChI=1S/C33H29FN2O6/c1-20(41-18-21-9-3-2-4-10-21)30(31(37)35-29-17-22(34)15-16-27(29)32(38)39)36-33(40)42-19-28-25-13-7-5-11-23(25)24-12-6-8-14-26(24)28/h2-17,20,28,30H,18-19H2,1H3,(H,35,37)(H,36,40)(H,38,39)/t20-,30+/m0/s1. The summed E-state index contributed by atoms with van der Waals surface area (Å²) in [6.45, 7) is 1.78. The molecular weight excluding hydrogens is 539 g/mol. The average Bonchev–Trinajstić information content (AvgIpc) is 3.31. The molecule has 0 bridgehead atoms. The molecule has 2 atom stereocenters. The van der Waals surface area contributed by atoms with Crippen molar-refractivity contribution in [2.75, 3.05) is 11.9 Å². The molecule has 0 radical (unpaired) electrons. The first-order valence-electron chi connectivity index (χ1n) is 13.4. The van der Waals surface area contributed by atoms with Crippen LogP contribution in [0.25, 0.3) is 11.1 Å². The molecule has 0 aliphatic heterocycles. The fraction of sp³-hybridized carbons (Fsp3) is 0.182. The number of carboxylic acid groups (broad SMARTS) is 1. The first kappa shape index (κ1) is 28.5. The maximum atomic E-state index is 13.9. The molecule has 3 N–H and O–H groups in total. The summed E-state index contributed by atoms with van der Waals surface area (Å²) >= 11 is 0. The molecule has 1 aliphatic carbocycles. The Morgan fingerprint density at radius 1 is 0.881 bits per heavy atom. The highest BCUT2D eigenvalue weighted by Crippen LogP contribution is 2.44. The number of hydrogen-bond acceptors (Lipinski definition) is 5. The maximum absolute atomic E-state index is 13.9. The van der Waals surface area contributed by atoms with E-state index in [0.29, 0.717) is 0 Å². The van der Waals surface area contributed by atoms with Crippen LogP contribution in [-0.4, -0.2) is 41.8 Å². The van der Waals surface area contributed by atoms with Crippen LogP contribution in [0.1, 0.15) is 39.9 Å². The zero-order chi connectivity index (χ0) is 29.6. The van der Waals surface area contributed by atoms with Crippen LogP contribution < -0.4 is 10.6 Å². The second-order valence-corrected chi connectivity index (χ2v) is 9.93. The van der Waals surface area contributed by atoms with Gasteiger partial charge in [-0.05, 0) is 52.9 Å². The number of anilines is 1. The lowest BCUT2D eigenvalue weighted by atomic mass is 9.98. The third-order valence-corrected chi connectivity index (χ3v) is 7.19. The molecule has 8 nitrogen and oxygen atoms in total. The largest absolute Gasteiger partial charge is 0.478 e. The Bertz CT molecular complexity index is 1560. The highest BCUT2D eigenvalue weighted by Gasteiger charge is 2.32. The fourth-order valence-electron chi connectivity index (χ4n) is 5.08. The van der Waals surface area contributed by atoms with Gasteiger partial charge in [-0.2, -0.15) is 0 Å². The molecule has 0 saturated heterocycles. The smallest absolute Gasteiger partial charge is 0.407 e. The Kier molecular flexibility index (Phi) is 8.59. The van der Waals surface area contributed by atoms with Crippen molar-refractivity contribution in [2.45, 2.75) is 31.6 Å². The number of benzene rings is 4. The highest BCUT2D eigenvalue weighted by molar-refractivity contribution is 6.03. The van der Waals surface area contributed by atoms with E-state index >= 15 is 0 Å². The van der Waals surface area contributed by atoms with Crippen LogP contribution in [0.3, 0.4) is 0 Å². The summed E-state index contributed by atoms with van der Waals surface area (Å²) < 4.78 is 25.5. The quantitative estimate of drug-likeness (QED) is 0.217. The van der Waals surface area contributed by atoms with Gasteiger partial charge >= 0.3 is 12.1 Å². The van der Waals surface area contributed by atoms with E-state index in [1.165, 1.54) is 0 Å². The van der Waals surface area contributed by atoms with E-state index in [2.05, 4.69) is 10.6 Å². The summed E-state index contributed by atoms with van der Waals surface area (Å²) in [7, 11) is 0. The van der Waals surface area contributed by atoms with Gasteiger partial charge in [0.05, 0.1) is 24.0 Å². The number of carbonyl (C=O) groups excluding carboxylic acids is 2. The SMILES string of the molecule is C[C@H](OCc1ccccc1)[C@@H](NC(=O)OCC1c2ccccc2-c2ccccc21)C(=O)Nc1cc(F)ccc1C(=O)O. The van der Waals surface area contributed by atoms with Crippen LogP contribution in [0.4, 0.5) is 14.9 Å². The topological polar surface area (TPSA) is 114 Å². The highest BCUT2D eigenvalue weighted by atomic mass is 19.1. The zero-order valence-electron chi connectivity index (χ0n) is 22.8. The molecule has 0 aromatic heterocycles. The predicted molar refractivity (Wildman–Crippen MR) is 155 cm³/mol. The fourth-order valence-corrected chi connectivity index (χ4v) is 5.08. The van der Waals surface area contributed by atoms with E-state index in [0.717, 1.165) is 46.0 Å². The average molecular weight is 569 g/mol. The molecule has 214 valence electrons. The minimum Gasteiger partial charge on any atom is -0.478 e. The van der Waals surface area contributed by atoms with Crippen LogP contribution in [0.15, 0.2) is 97.1 Å². The first-order valence-corrected chi connectivity index (χ1v) is 13.4. The van der Waals surface area contributed by atoms with Gasteiger partial charge in [-0.3, -0.25) is 4.79 Å². The Hall–Kier alpha value is -5.02. The van der Waals surface area contributed by atoms with Gasteiger partial charge in [-0.1, -0.05) is 78.9 Å². The monoisotopic (exact) mass is 568 g/mol. The van der Waals surface area contributed by atoms with E-state index in [1.807, 2.05) is 78.9 Å². The van der Waals surface area contributed by atoms with Gasteiger partial charge in [0.1, 0.15) is 18.5 Å². The van der Waals surface area contributed by atoms with Crippen molar-refractivity contribution >= 4 is 23.7 Å². The second-order valence-electron chi connectivity index (χ2n) is 9.93. The lowest BCUT2D eigenvalue weighted by Gasteiger charge is -2.25. The summed E-state index contributed by atoms with van der Waals surface area (Å²) in [6.07, 6.45) is -1.72. The number of rotatable bonds is 10. The van der Waals surface area contributed by atoms with Crippen molar-refractivity contribution in [3.8, 4) is 11.1 Å². The molecule has 0 fully saturated rings. The number of aromatic carboxylic acids is 1. The maximum Gasteiger partial charge on any atom is 0.407 e. The molecule has 5 rings (SSSR count). The van der Waals surface area contributed by atoms with E-state index < -0.39 is 35.9 Å². The van der Waals surface area contributed by atoms with Crippen LogP contribution >= 0.6 is 0 Å². The minimum absolute atomic E-state index is 0.0283. The number of alkyl carbamates (subject to hydrolysis) is 1. The molecule has 1 aliphatic rings. The van der Waals surface area contributed by atoms with Gasteiger partial charge < -0.3 is 25.2 Å². The van der Waals surface area contributed by atoms with Crippen LogP contribution in [-0.2, 0) is 20.9 Å². The van der Waals surface area contributed by atoms with Crippen molar-refractivity contribution in [2.24, 2.45) is 0 Å². The van der Waals surface area contributed by atoms with Crippen molar-refractivity contribution in [3.05, 3.63) is 125 Å². The number of halogens is 1. The van der Waals surface area contributed by atoms with E-state index in [1.54, 1.807) is 6.92 Å².